The SMILES string of the molecule is CC(=O)NCCN[C@@H](C)c1ccncc1. The van der Waals surface area contributed by atoms with Crippen molar-refractivity contribution < 1.29 is 4.79 Å². The fourth-order valence-electron chi connectivity index (χ4n) is 1.30. The van der Waals surface area contributed by atoms with E-state index in [0.29, 0.717) is 6.54 Å². The highest BCUT2D eigenvalue weighted by molar-refractivity contribution is 5.72. The van der Waals surface area contributed by atoms with E-state index in [4.69, 9.17) is 0 Å². The molecule has 0 aliphatic rings. The van der Waals surface area contributed by atoms with Crippen LogP contribution in [0.4, 0.5) is 0 Å². The van der Waals surface area contributed by atoms with E-state index < -0.39 is 0 Å². The molecular weight excluding hydrogens is 190 g/mol. The number of rotatable bonds is 5. The van der Waals surface area contributed by atoms with Crippen LogP contribution in [0.5, 0.6) is 0 Å². The van der Waals surface area contributed by atoms with Gasteiger partial charge in [-0.3, -0.25) is 9.78 Å². The van der Waals surface area contributed by atoms with Crippen molar-refractivity contribution >= 4 is 5.91 Å². The number of hydrogen-bond acceptors (Lipinski definition) is 3. The maximum absolute atomic E-state index is 10.6. The zero-order chi connectivity index (χ0) is 11.1. The number of pyridine rings is 1. The Labute approximate surface area is 90.1 Å². The lowest BCUT2D eigenvalue weighted by atomic mass is 10.1. The number of nitrogens with zero attached hydrogens (tertiary/aromatic N) is 1. The minimum absolute atomic E-state index is 0.00774. The van der Waals surface area contributed by atoms with Crippen LogP contribution in [0.1, 0.15) is 25.5 Å². The van der Waals surface area contributed by atoms with E-state index in [9.17, 15) is 4.79 Å². The quantitative estimate of drug-likeness (QED) is 0.704. The molecule has 0 bridgehead atoms. The molecule has 2 N–H and O–H groups in total. The van der Waals surface area contributed by atoms with Crippen molar-refractivity contribution in [3.8, 4) is 0 Å². The molecule has 0 spiro atoms. The molecule has 0 saturated carbocycles. The second-order valence-electron chi connectivity index (χ2n) is 3.44. The minimum atomic E-state index is 0.00774. The van der Waals surface area contributed by atoms with Gasteiger partial charge in [-0.1, -0.05) is 0 Å². The molecule has 0 aromatic carbocycles. The molecule has 82 valence electrons. The van der Waals surface area contributed by atoms with E-state index >= 15 is 0 Å². The van der Waals surface area contributed by atoms with E-state index in [1.54, 1.807) is 12.4 Å². The fraction of sp³-hybridized carbons (Fsp3) is 0.455. The lowest BCUT2D eigenvalue weighted by molar-refractivity contribution is -0.118. The Morgan fingerprint density at radius 1 is 1.40 bits per heavy atom. The molecule has 1 rings (SSSR count). The zero-order valence-corrected chi connectivity index (χ0v) is 9.16. The largest absolute Gasteiger partial charge is 0.355 e. The standard InChI is InChI=1S/C11H17N3O/c1-9(11-3-5-12-6-4-11)13-7-8-14-10(2)15/h3-6,9,13H,7-8H2,1-2H3,(H,14,15)/t9-/m0/s1. The molecule has 1 amide bonds. The van der Waals surface area contributed by atoms with E-state index in [2.05, 4.69) is 22.5 Å². The summed E-state index contributed by atoms with van der Waals surface area (Å²) in [6.07, 6.45) is 3.56. The Morgan fingerprint density at radius 2 is 2.07 bits per heavy atom. The number of nitrogens with one attached hydrogen (secondary N) is 2. The monoisotopic (exact) mass is 207 g/mol. The van der Waals surface area contributed by atoms with Crippen LogP contribution in [0.2, 0.25) is 0 Å². The van der Waals surface area contributed by atoms with Gasteiger partial charge in [0.1, 0.15) is 0 Å². The van der Waals surface area contributed by atoms with Gasteiger partial charge in [-0.15, -0.1) is 0 Å². The van der Waals surface area contributed by atoms with Crippen molar-refractivity contribution in [2.24, 2.45) is 0 Å². The highest BCUT2D eigenvalue weighted by atomic mass is 16.1. The average molecular weight is 207 g/mol. The van der Waals surface area contributed by atoms with Gasteiger partial charge in [-0.05, 0) is 24.6 Å². The highest BCUT2D eigenvalue weighted by Crippen LogP contribution is 2.08. The van der Waals surface area contributed by atoms with Gasteiger partial charge in [0.2, 0.25) is 5.91 Å². The van der Waals surface area contributed by atoms with Crippen LogP contribution < -0.4 is 10.6 Å². The fourth-order valence-corrected chi connectivity index (χ4v) is 1.30. The van der Waals surface area contributed by atoms with Crippen LogP contribution in [0, 0.1) is 0 Å². The normalized spacial score (nSPS) is 12.1. The summed E-state index contributed by atoms with van der Waals surface area (Å²) in [5.41, 5.74) is 1.20. The predicted molar refractivity (Wildman–Crippen MR) is 59.3 cm³/mol. The first-order valence-electron chi connectivity index (χ1n) is 5.08. The number of hydrogen-bond donors (Lipinski definition) is 2. The maximum atomic E-state index is 10.6. The van der Waals surface area contributed by atoms with Gasteiger partial charge in [-0.2, -0.15) is 0 Å². The van der Waals surface area contributed by atoms with Crippen LogP contribution in [-0.4, -0.2) is 24.0 Å². The molecule has 0 aliphatic heterocycles. The highest BCUT2D eigenvalue weighted by Gasteiger charge is 2.02. The van der Waals surface area contributed by atoms with Gasteiger partial charge in [0, 0.05) is 38.4 Å². The Morgan fingerprint density at radius 3 is 2.67 bits per heavy atom. The van der Waals surface area contributed by atoms with Gasteiger partial charge in [0.15, 0.2) is 0 Å². The van der Waals surface area contributed by atoms with Gasteiger partial charge in [-0.25, -0.2) is 0 Å². The maximum Gasteiger partial charge on any atom is 0.216 e. The molecule has 1 aromatic rings. The summed E-state index contributed by atoms with van der Waals surface area (Å²) in [4.78, 5) is 14.6. The zero-order valence-electron chi connectivity index (χ0n) is 9.16. The topological polar surface area (TPSA) is 54.0 Å². The molecule has 15 heavy (non-hydrogen) atoms. The average Bonchev–Trinajstić information content (AvgIpc) is 2.25. The molecule has 1 aromatic heterocycles. The molecule has 1 atom stereocenters. The lowest BCUT2D eigenvalue weighted by Crippen LogP contribution is -2.31. The minimum Gasteiger partial charge on any atom is -0.355 e. The van der Waals surface area contributed by atoms with Gasteiger partial charge >= 0.3 is 0 Å². The van der Waals surface area contributed by atoms with E-state index in [0.717, 1.165) is 6.54 Å². The lowest BCUT2D eigenvalue weighted by Gasteiger charge is -2.13. The Balaban J connectivity index is 2.25. The molecule has 0 fully saturated rings. The summed E-state index contributed by atoms with van der Waals surface area (Å²) in [5.74, 6) is 0.00774. The Bertz CT molecular complexity index is 300. The first-order valence-corrected chi connectivity index (χ1v) is 5.08. The van der Waals surface area contributed by atoms with E-state index in [1.165, 1.54) is 12.5 Å². The number of aromatic nitrogens is 1. The van der Waals surface area contributed by atoms with E-state index in [1.807, 2.05) is 12.1 Å². The van der Waals surface area contributed by atoms with Crippen LogP contribution in [0.25, 0.3) is 0 Å². The van der Waals surface area contributed by atoms with Crippen molar-refractivity contribution in [3.05, 3.63) is 30.1 Å². The smallest absolute Gasteiger partial charge is 0.216 e. The Kier molecular flexibility index (Phi) is 4.77. The molecule has 4 heteroatoms. The summed E-state index contributed by atoms with van der Waals surface area (Å²) in [5, 5.41) is 6.05. The van der Waals surface area contributed by atoms with Crippen molar-refractivity contribution in [3.63, 3.8) is 0 Å². The number of carbonyl (C=O) groups excluding carboxylic acids is 1. The third-order valence-corrected chi connectivity index (χ3v) is 2.16. The van der Waals surface area contributed by atoms with Crippen LogP contribution in [-0.2, 0) is 4.79 Å². The summed E-state index contributed by atoms with van der Waals surface area (Å²) in [7, 11) is 0. The second kappa shape index (κ2) is 6.14. The van der Waals surface area contributed by atoms with E-state index in [-0.39, 0.29) is 11.9 Å². The second-order valence-corrected chi connectivity index (χ2v) is 3.44. The van der Waals surface area contributed by atoms with Crippen LogP contribution in [0.3, 0.4) is 0 Å². The van der Waals surface area contributed by atoms with Crippen molar-refractivity contribution in [1.82, 2.24) is 15.6 Å². The predicted octanol–water partition coefficient (Wildman–Crippen LogP) is 0.868. The summed E-state index contributed by atoms with van der Waals surface area (Å²) < 4.78 is 0. The van der Waals surface area contributed by atoms with Crippen molar-refractivity contribution in [2.45, 2.75) is 19.9 Å². The summed E-state index contributed by atoms with van der Waals surface area (Å²) in [6.45, 7) is 5.03. The molecule has 4 nitrogen and oxygen atoms in total. The third kappa shape index (κ3) is 4.56. The van der Waals surface area contributed by atoms with Gasteiger partial charge in [0.05, 0.1) is 0 Å². The molecular formula is C11H17N3O. The molecule has 0 aliphatic carbocycles. The first-order chi connectivity index (χ1) is 7.20. The number of amides is 1. The van der Waals surface area contributed by atoms with Crippen molar-refractivity contribution in [1.29, 1.82) is 0 Å². The molecule has 0 saturated heterocycles. The molecule has 0 unspecified atom stereocenters. The summed E-state index contributed by atoms with van der Waals surface area (Å²) >= 11 is 0. The van der Waals surface area contributed by atoms with Crippen LogP contribution >= 0.6 is 0 Å². The van der Waals surface area contributed by atoms with Crippen molar-refractivity contribution in [2.75, 3.05) is 13.1 Å². The Hall–Kier alpha value is -1.42. The molecule has 1 heterocycles. The first kappa shape index (κ1) is 11.7. The molecule has 0 radical (unpaired) electrons. The van der Waals surface area contributed by atoms with Gasteiger partial charge in [0.25, 0.3) is 0 Å². The van der Waals surface area contributed by atoms with Crippen LogP contribution in [0.15, 0.2) is 24.5 Å². The summed E-state index contributed by atoms with van der Waals surface area (Å²) in [6, 6.07) is 4.24. The van der Waals surface area contributed by atoms with Gasteiger partial charge < -0.3 is 10.6 Å². The number of carbonyl (C=O) groups is 1. The third-order valence-electron chi connectivity index (χ3n) is 2.16.